The molecule has 0 bridgehead atoms. The van der Waals surface area contributed by atoms with Crippen LogP contribution < -0.4 is 14.5 Å². The third-order valence-electron chi connectivity index (χ3n) is 8.15. The molecule has 0 aliphatic carbocycles. The van der Waals surface area contributed by atoms with Crippen molar-refractivity contribution in [1.29, 1.82) is 0 Å². The maximum absolute atomic E-state index is 13.9. The summed E-state index contributed by atoms with van der Waals surface area (Å²) >= 11 is 4.83. The minimum Gasteiger partial charge on any atom is -0.444 e. The summed E-state index contributed by atoms with van der Waals surface area (Å²) in [7, 11) is 5.77. The Balaban J connectivity index is 1.34. The Kier molecular flexibility index (Phi) is 8.06. The molecule has 1 aromatic heterocycles. The predicted octanol–water partition coefficient (Wildman–Crippen LogP) is 5.20. The minimum absolute atomic E-state index is 0.0340. The Morgan fingerprint density at radius 1 is 1.00 bits per heavy atom. The molecule has 3 fully saturated rings. The lowest BCUT2D eigenvalue weighted by Gasteiger charge is -2.54. The number of carbonyl (C=O) groups is 2. The fourth-order valence-corrected chi connectivity index (χ4v) is 6.98. The summed E-state index contributed by atoms with van der Waals surface area (Å²) in [5.41, 5.74) is 2.20. The number of amides is 3. The van der Waals surface area contributed by atoms with Crippen LogP contribution in [-0.4, -0.2) is 76.9 Å². The van der Waals surface area contributed by atoms with Crippen molar-refractivity contribution in [3.8, 4) is 11.1 Å². The van der Waals surface area contributed by atoms with Gasteiger partial charge in [0.1, 0.15) is 11.3 Å². The fraction of sp³-hybridized carbons (Fsp3) is 0.552. The highest BCUT2D eigenvalue weighted by atomic mass is 32.1. The van der Waals surface area contributed by atoms with Crippen LogP contribution in [-0.2, 0) is 4.74 Å². The van der Waals surface area contributed by atoms with Crippen molar-refractivity contribution in [2.24, 2.45) is 5.41 Å². The Morgan fingerprint density at radius 3 is 2.27 bits per heavy atom. The third kappa shape index (κ3) is 6.07. The first-order chi connectivity index (χ1) is 18.8. The number of carbonyl (C=O) groups excluding carboxylic acids is 2. The molecular weight excluding hydrogens is 560 g/mol. The number of hydrogen-bond donors (Lipinski definition) is 1. The smallest absolute Gasteiger partial charge is 0.410 e. The number of anilines is 2. The van der Waals surface area contributed by atoms with Crippen LogP contribution in [0.25, 0.3) is 11.1 Å². The molecule has 11 heteroatoms. The van der Waals surface area contributed by atoms with E-state index in [-0.39, 0.29) is 22.7 Å². The van der Waals surface area contributed by atoms with Gasteiger partial charge in [0.2, 0.25) is 0 Å². The highest BCUT2D eigenvalue weighted by molar-refractivity contribution is 7.82. The van der Waals surface area contributed by atoms with E-state index in [1.54, 1.807) is 4.90 Å². The largest absolute Gasteiger partial charge is 0.444 e. The predicted molar refractivity (Wildman–Crippen MR) is 172 cm³/mol. The van der Waals surface area contributed by atoms with Crippen LogP contribution in [0.15, 0.2) is 36.5 Å². The first-order valence-electron chi connectivity index (χ1n) is 13.9. The standard InChI is InChI=1S/C29H41N5O3P2S/c1-27(2,3)37-26(36)31-15-11-29(12-16-31)18-33(19-29)25(35)34(40)23-21(20-7-5-6-8-22(20)38)9-13-30-24(23)32-14-10-28(4,39)17-32/h5-9,13,40H,10-12,14-19,38-39H2,1-4H3. The van der Waals surface area contributed by atoms with Crippen molar-refractivity contribution >= 4 is 60.2 Å². The molecule has 3 unspecified atom stereocenters. The lowest BCUT2D eigenvalue weighted by molar-refractivity contribution is -0.0305. The number of urea groups is 1. The second kappa shape index (κ2) is 11.0. The molecule has 4 heterocycles. The van der Waals surface area contributed by atoms with Crippen LogP contribution in [0.3, 0.4) is 0 Å². The fourth-order valence-electron chi connectivity index (χ4n) is 5.94. The number of piperidine rings is 1. The van der Waals surface area contributed by atoms with E-state index in [1.807, 2.05) is 56.1 Å². The van der Waals surface area contributed by atoms with Gasteiger partial charge in [-0.15, -0.1) is 18.5 Å². The Labute approximate surface area is 248 Å². The van der Waals surface area contributed by atoms with Gasteiger partial charge in [0.15, 0.2) is 5.82 Å². The molecule has 40 heavy (non-hydrogen) atoms. The van der Waals surface area contributed by atoms with E-state index in [2.05, 4.69) is 36.4 Å². The highest BCUT2D eigenvalue weighted by Gasteiger charge is 2.49. The van der Waals surface area contributed by atoms with E-state index >= 15 is 0 Å². The number of aromatic nitrogens is 1. The third-order valence-corrected chi connectivity index (χ3v) is 9.50. The first kappa shape index (κ1) is 29.4. The van der Waals surface area contributed by atoms with Crippen molar-refractivity contribution in [3.63, 3.8) is 0 Å². The van der Waals surface area contributed by atoms with Crippen LogP contribution in [0.4, 0.5) is 21.1 Å². The minimum atomic E-state index is -0.507. The molecule has 2 aromatic rings. The summed E-state index contributed by atoms with van der Waals surface area (Å²) < 4.78 is 7.05. The lowest BCUT2D eigenvalue weighted by atomic mass is 9.72. The molecule has 3 atom stereocenters. The number of hydrogen-bond acceptors (Lipinski definition) is 6. The molecule has 3 aliphatic heterocycles. The number of likely N-dealkylation sites (tertiary alicyclic amines) is 2. The van der Waals surface area contributed by atoms with E-state index in [0.29, 0.717) is 31.9 Å². The van der Waals surface area contributed by atoms with Crippen LogP contribution in [0.5, 0.6) is 0 Å². The van der Waals surface area contributed by atoms with Crippen molar-refractivity contribution in [2.45, 2.75) is 57.7 Å². The molecule has 3 amide bonds. The Morgan fingerprint density at radius 2 is 1.68 bits per heavy atom. The normalized spacial score (nSPS) is 22.3. The molecule has 0 radical (unpaired) electrons. The van der Waals surface area contributed by atoms with Crippen molar-refractivity contribution < 1.29 is 14.3 Å². The molecule has 3 aliphatic rings. The zero-order valence-electron chi connectivity index (χ0n) is 23.9. The summed E-state index contributed by atoms with van der Waals surface area (Å²) in [6.07, 6.45) is 4.30. The number of thiol groups is 1. The van der Waals surface area contributed by atoms with E-state index in [1.165, 1.54) is 4.31 Å². The number of ether oxygens (including phenoxy) is 1. The van der Waals surface area contributed by atoms with Gasteiger partial charge in [-0.1, -0.05) is 44.0 Å². The molecule has 3 saturated heterocycles. The molecule has 1 spiro atoms. The second-order valence-corrected chi connectivity index (χ2v) is 15.3. The first-order valence-corrected chi connectivity index (χ1v) is 15.5. The lowest BCUT2D eigenvalue weighted by Crippen LogP contribution is -2.63. The van der Waals surface area contributed by atoms with Gasteiger partial charge in [-0.05, 0) is 57.0 Å². The second-order valence-electron chi connectivity index (χ2n) is 12.9. The molecule has 216 valence electrons. The highest BCUT2D eigenvalue weighted by Crippen LogP contribution is 2.45. The van der Waals surface area contributed by atoms with Crippen molar-refractivity contribution in [1.82, 2.24) is 14.8 Å². The summed E-state index contributed by atoms with van der Waals surface area (Å²) in [4.78, 5) is 37.1. The summed E-state index contributed by atoms with van der Waals surface area (Å²) in [5.74, 6) is 0.779. The van der Waals surface area contributed by atoms with Gasteiger partial charge >= 0.3 is 12.1 Å². The average Bonchev–Trinajstić information content (AvgIpc) is 3.24. The molecular formula is C29H41N5O3P2S. The van der Waals surface area contributed by atoms with E-state index in [9.17, 15) is 9.59 Å². The Hall–Kier alpha value is -2.08. The van der Waals surface area contributed by atoms with Gasteiger partial charge < -0.3 is 19.4 Å². The number of rotatable bonds is 3. The molecule has 0 saturated carbocycles. The van der Waals surface area contributed by atoms with Gasteiger partial charge in [-0.25, -0.2) is 18.9 Å². The molecule has 1 aromatic carbocycles. The van der Waals surface area contributed by atoms with Gasteiger partial charge in [0, 0.05) is 61.6 Å². The SMILES string of the molecule is CC1(P)CCN(c2nccc(-c3ccccc3P)c2N(S)C(=O)N2CC3(CCN(C(=O)OC(C)(C)C)CC3)C2)C1. The maximum atomic E-state index is 13.9. The maximum Gasteiger partial charge on any atom is 0.410 e. The van der Waals surface area contributed by atoms with Crippen molar-refractivity contribution in [3.05, 3.63) is 36.5 Å². The Bertz CT molecular complexity index is 1280. The van der Waals surface area contributed by atoms with Gasteiger partial charge in [-0.2, -0.15) is 0 Å². The van der Waals surface area contributed by atoms with Gasteiger partial charge in [0.25, 0.3) is 0 Å². The van der Waals surface area contributed by atoms with Crippen LogP contribution in [0, 0.1) is 5.41 Å². The molecule has 8 nitrogen and oxygen atoms in total. The topological polar surface area (TPSA) is 69.2 Å². The number of nitrogens with zero attached hydrogens (tertiary/aromatic N) is 5. The molecule has 0 N–H and O–H groups in total. The number of pyridine rings is 1. The van der Waals surface area contributed by atoms with Gasteiger partial charge in [-0.3, -0.25) is 0 Å². The van der Waals surface area contributed by atoms with E-state index in [0.717, 1.165) is 54.6 Å². The van der Waals surface area contributed by atoms with Gasteiger partial charge in [0.05, 0.1) is 0 Å². The summed E-state index contributed by atoms with van der Waals surface area (Å²) in [6, 6.07) is 9.96. The zero-order valence-corrected chi connectivity index (χ0v) is 27.1. The van der Waals surface area contributed by atoms with Crippen molar-refractivity contribution in [2.75, 3.05) is 48.5 Å². The summed E-state index contributed by atoms with van der Waals surface area (Å²) in [6.45, 7) is 12.2. The zero-order chi connectivity index (χ0) is 28.9. The monoisotopic (exact) mass is 601 g/mol. The number of benzene rings is 1. The quantitative estimate of drug-likeness (QED) is 0.387. The summed E-state index contributed by atoms with van der Waals surface area (Å²) in [5, 5.41) is 1.14. The van der Waals surface area contributed by atoms with E-state index in [4.69, 9.17) is 22.5 Å². The molecule has 5 rings (SSSR count). The van der Waals surface area contributed by atoms with Crippen LogP contribution in [0.1, 0.15) is 47.0 Å². The van der Waals surface area contributed by atoms with E-state index < -0.39 is 5.60 Å². The van der Waals surface area contributed by atoms with Crippen LogP contribution >= 0.6 is 31.3 Å². The van der Waals surface area contributed by atoms with Crippen LogP contribution in [0.2, 0.25) is 0 Å². The average molecular weight is 602 g/mol.